The standard InChI is InChI=1S/C20H29N5O6/c1-3-4-10-30-20(29)24-16(19(27)28)12-23-17(26)9-11-31-25-13(2)14-5-7-15(8-6-14)18(21)22/h5-8,16H,3-4,9-12H2,1-2H3,(H3,21,22)(H,23,26)(H,24,29)(H,27,28)/t16-/m0/s1. The van der Waals surface area contributed by atoms with E-state index >= 15 is 0 Å². The SMILES string of the molecule is CCCCOC(=O)N[C@@H](CNC(=O)CCON=C(C)c1ccc(C(=N)N)cc1)C(=O)O. The molecule has 0 spiro atoms. The van der Waals surface area contributed by atoms with Crippen molar-refractivity contribution < 1.29 is 29.1 Å². The van der Waals surface area contributed by atoms with Crippen molar-refractivity contribution in [1.82, 2.24) is 10.6 Å². The number of nitrogens with one attached hydrogen (secondary N) is 3. The molecule has 0 radical (unpaired) electrons. The molecular formula is C20H29N5O6. The first-order chi connectivity index (χ1) is 14.7. The smallest absolute Gasteiger partial charge is 0.407 e. The lowest BCUT2D eigenvalue weighted by Crippen LogP contribution is -2.48. The number of carbonyl (C=O) groups excluding carboxylic acids is 2. The molecule has 1 rings (SSSR count). The number of nitrogens with two attached hydrogens (primary N) is 1. The Morgan fingerprint density at radius 1 is 1.19 bits per heavy atom. The van der Waals surface area contributed by atoms with Crippen LogP contribution in [0.3, 0.4) is 0 Å². The minimum atomic E-state index is -1.31. The number of carboxylic acids is 1. The van der Waals surface area contributed by atoms with E-state index in [-0.39, 0.29) is 32.0 Å². The Bertz CT molecular complexity index is 794. The number of carbonyl (C=O) groups is 3. The van der Waals surface area contributed by atoms with Crippen molar-refractivity contribution in [2.24, 2.45) is 10.9 Å². The summed E-state index contributed by atoms with van der Waals surface area (Å²) in [4.78, 5) is 39.8. The van der Waals surface area contributed by atoms with Gasteiger partial charge in [-0.2, -0.15) is 0 Å². The number of amidine groups is 1. The van der Waals surface area contributed by atoms with E-state index in [1.165, 1.54) is 0 Å². The molecule has 1 atom stereocenters. The fraction of sp³-hybridized carbons (Fsp3) is 0.450. The zero-order valence-electron chi connectivity index (χ0n) is 17.6. The van der Waals surface area contributed by atoms with Gasteiger partial charge in [-0.1, -0.05) is 42.8 Å². The zero-order valence-corrected chi connectivity index (χ0v) is 17.6. The normalized spacial score (nSPS) is 11.9. The molecule has 0 aliphatic heterocycles. The van der Waals surface area contributed by atoms with Gasteiger partial charge in [0.05, 0.1) is 18.7 Å². The van der Waals surface area contributed by atoms with Gasteiger partial charge < -0.3 is 31.0 Å². The second-order valence-electron chi connectivity index (χ2n) is 6.58. The Hall–Kier alpha value is -3.63. The molecule has 1 aromatic carbocycles. The summed E-state index contributed by atoms with van der Waals surface area (Å²) in [6, 6.07) is 5.57. The summed E-state index contributed by atoms with van der Waals surface area (Å²) in [7, 11) is 0. The van der Waals surface area contributed by atoms with E-state index < -0.39 is 24.0 Å². The number of ether oxygens (including phenoxy) is 1. The fourth-order valence-electron chi connectivity index (χ4n) is 2.22. The summed E-state index contributed by atoms with van der Waals surface area (Å²) < 4.78 is 4.85. The molecular weight excluding hydrogens is 406 g/mol. The lowest BCUT2D eigenvalue weighted by Gasteiger charge is -2.15. The van der Waals surface area contributed by atoms with Gasteiger partial charge in [0.15, 0.2) is 0 Å². The summed E-state index contributed by atoms with van der Waals surface area (Å²) in [5, 5.41) is 25.1. The molecule has 0 bridgehead atoms. The second kappa shape index (κ2) is 13.6. The Kier molecular flexibility index (Phi) is 11.1. The predicted molar refractivity (Wildman–Crippen MR) is 114 cm³/mol. The van der Waals surface area contributed by atoms with Crippen LogP contribution in [0.15, 0.2) is 29.4 Å². The van der Waals surface area contributed by atoms with Gasteiger partial charge in [0.2, 0.25) is 5.91 Å². The first-order valence-electron chi connectivity index (χ1n) is 9.78. The van der Waals surface area contributed by atoms with Crippen LogP contribution in [-0.2, 0) is 19.2 Å². The molecule has 2 amide bonds. The maximum atomic E-state index is 11.9. The topological polar surface area (TPSA) is 176 Å². The number of alkyl carbamates (subject to hydrolysis) is 1. The Labute approximate surface area is 180 Å². The van der Waals surface area contributed by atoms with Gasteiger partial charge in [-0.15, -0.1) is 0 Å². The van der Waals surface area contributed by atoms with Gasteiger partial charge in [-0.05, 0) is 18.9 Å². The third-order valence-corrected chi connectivity index (χ3v) is 4.06. The van der Waals surface area contributed by atoms with Crippen LogP contribution in [0.25, 0.3) is 0 Å². The first kappa shape index (κ1) is 25.4. The minimum Gasteiger partial charge on any atom is -0.480 e. The van der Waals surface area contributed by atoms with Crippen LogP contribution in [0.4, 0.5) is 4.79 Å². The molecule has 0 saturated heterocycles. The Balaban J connectivity index is 2.37. The van der Waals surface area contributed by atoms with E-state index in [0.29, 0.717) is 17.7 Å². The third-order valence-electron chi connectivity index (χ3n) is 4.06. The molecule has 0 unspecified atom stereocenters. The lowest BCUT2D eigenvalue weighted by atomic mass is 10.1. The number of rotatable bonds is 13. The van der Waals surface area contributed by atoms with Gasteiger partial charge in [0.25, 0.3) is 0 Å². The molecule has 0 aromatic heterocycles. The van der Waals surface area contributed by atoms with E-state index in [1.54, 1.807) is 31.2 Å². The number of aliphatic carboxylic acids is 1. The van der Waals surface area contributed by atoms with E-state index in [2.05, 4.69) is 15.8 Å². The summed E-state index contributed by atoms with van der Waals surface area (Å²) in [6.07, 6.45) is 0.615. The Morgan fingerprint density at radius 2 is 1.84 bits per heavy atom. The van der Waals surface area contributed by atoms with Crippen LogP contribution in [0.1, 0.15) is 44.2 Å². The summed E-state index contributed by atoms with van der Waals surface area (Å²) in [6.45, 7) is 3.55. The predicted octanol–water partition coefficient (Wildman–Crippen LogP) is 1.20. The molecule has 1 aromatic rings. The number of nitrogens with zero attached hydrogens (tertiary/aromatic N) is 1. The molecule has 6 N–H and O–H groups in total. The number of unbranched alkanes of at least 4 members (excludes halogenated alkanes) is 1. The van der Waals surface area contributed by atoms with Crippen molar-refractivity contribution in [3.63, 3.8) is 0 Å². The molecule has 11 nitrogen and oxygen atoms in total. The zero-order chi connectivity index (χ0) is 23.2. The monoisotopic (exact) mass is 435 g/mol. The number of hydrogen-bond acceptors (Lipinski definition) is 7. The first-order valence-corrected chi connectivity index (χ1v) is 9.78. The van der Waals surface area contributed by atoms with Gasteiger partial charge in [-0.25, -0.2) is 9.59 Å². The maximum Gasteiger partial charge on any atom is 0.407 e. The quantitative estimate of drug-likeness (QED) is 0.134. The molecule has 31 heavy (non-hydrogen) atoms. The van der Waals surface area contributed by atoms with Gasteiger partial charge in [0, 0.05) is 12.1 Å². The second-order valence-corrected chi connectivity index (χ2v) is 6.58. The van der Waals surface area contributed by atoms with Crippen molar-refractivity contribution in [2.75, 3.05) is 19.8 Å². The van der Waals surface area contributed by atoms with E-state index in [4.69, 9.17) is 25.8 Å². The molecule has 0 fully saturated rings. The minimum absolute atomic E-state index is 0.0150. The number of oxime groups is 1. The highest BCUT2D eigenvalue weighted by Crippen LogP contribution is 2.06. The van der Waals surface area contributed by atoms with E-state index in [1.807, 2.05) is 6.92 Å². The number of nitrogen functional groups attached to an aromatic ring is 1. The van der Waals surface area contributed by atoms with Crippen molar-refractivity contribution in [3.8, 4) is 0 Å². The van der Waals surface area contributed by atoms with Gasteiger partial charge >= 0.3 is 12.1 Å². The fourth-order valence-corrected chi connectivity index (χ4v) is 2.22. The van der Waals surface area contributed by atoms with Crippen molar-refractivity contribution in [3.05, 3.63) is 35.4 Å². The molecule has 170 valence electrons. The summed E-state index contributed by atoms with van der Waals surface area (Å²) >= 11 is 0. The lowest BCUT2D eigenvalue weighted by molar-refractivity contribution is -0.139. The van der Waals surface area contributed by atoms with Crippen LogP contribution in [0.2, 0.25) is 0 Å². The number of carboxylic acid groups (broad SMARTS) is 1. The molecule has 11 heteroatoms. The maximum absolute atomic E-state index is 11.9. The van der Waals surface area contributed by atoms with E-state index in [0.717, 1.165) is 12.0 Å². The highest BCUT2D eigenvalue weighted by atomic mass is 16.6. The van der Waals surface area contributed by atoms with Crippen LogP contribution in [0, 0.1) is 5.41 Å². The van der Waals surface area contributed by atoms with Crippen molar-refractivity contribution in [2.45, 2.75) is 39.2 Å². The number of benzene rings is 1. The average molecular weight is 435 g/mol. The summed E-state index contributed by atoms with van der Waals surface area (Å²) in [5.74, 6) is -1.77. The summed E-state index contributed by atoms with van der Waals surface area (Å²) in [5.41, 5.74) is 7.35. The molecule has 0 aliphatic rings. The number of amides is 2. The van der Waals surface area contributed by atoms with E-state index in [9.17, 15) is 14.4 Å². The molecule has 0 saturated carbocycles. The van der Waals surface area contributed by atoms with Gasteiger partial charge in [-0.3, -0.25) is 10.2 Å². The highest BCUT2D eigenvalue weighted by molar-refractivity contribution is 6.00. The van der Waals surface area contributed by atoms with Crippen LogP contribution < -0.4 is 16.4 Å². The Morgan fingerprint density at radius 3 is 2.42 bits per heavy atom. The van der Waals surface area contributed by atoms with Crippen LogP contribution >= 0.6 is 0 Å². The number of hydrogen-bond donors (Lipinski definition) is 5. The third kappa shape index (κ3) is 10.1. The average Bonchev–Trinajstić information content (AvgIpc) is 2.74. The van der Waals surface area contributed by atoms with Crippen molar-refractivity contribution in [1.29, 1.82) is 5.41 Å². The largest absolute Gasteiger partial charge is 0.480 e. The molecule has 0 heterocycles. The van der Waals surface area contributed by atoms with Crippen LogP contribution in [-0.4, -0.2) is 60.4 Å². The molecule has 0 aliphatic carbocycles. The highest BCUT2D eigenvalue weighted by Gasteiger charge is 2.21. The van der Waals surface area contributed by atoms with Crippen molar-refractivity contribution >= 4 is 29.5 Å². The van der Waals surface area contributed by atoms with Gasteiger partial charge in [0.1, 0.15) is 18.5 Å². The van der Waals surface area contributed by atoms with Crippen LogP contribution in [0.5, 0.6) is 0 Å².